The van der Waals surface area contributed by atoms with Crippen molar-refractivity contribution in [3.05, 3.63) is 23.8 Å². The van der Waals surface area contributed by atoms with Crippen molar-refractivity contribution < 1.29 is 38.1 Å². The van der Waals surface area contributed by atoms with Gasteiger partial charge in [-0.25, -0.2) is 4.79 Å². The molecule has 208 valence electrons. The molecule has 0 aromatic rings. The fraction of sp³-hybridized carbons (Fsp3) is 0.724. The van der Waals surface area contributed by atoms with Gasteiger partial charge in [0, 0.05) is 26.2 Å². The summed E-state index contributed by atoms with van der Waals surface area (Å²) in [5, 5.41) is 0. The summed E-state index contributed by atoms with van der Waals surface area (Å²) < 4.78 is 21.2. The Morgan fingerprint density at radius 3 is 2.38 bits per heavy atom. The molecule has 7 atom stereocenters. The standard InChI is InChI=1S/C29H44O8/c1-7-18(3)26(36-20(5)30)14-13-24-25-16-22(15-23(25)17-27(24)37-21(6)31)11-9-10-12-28(32)35-19(4)29(33)34-8-2/h11,13-14,18-19,23-27H,7-10,12,15-17H2,1-6H3/b14-13+,22-11+/t18?,19-,23+,24-,25+,26-,27?/m1/s1. The van der Waals surface area contributed by atoms with E-state index < -0.39 is 18.0 Å². The number of hydrogen-bond donors (Lipinski definition) is 0. The monoisotopic (exact) mass is 520 g/mol. The highest BCUT2D eigenvalue weighted by Crippen LogP contribution is 2.51. The number of carbonyl (C=O) groups is 4. The summed E-state index contributed by atoms with van der Waals surface area (Å²) in [5.74, 6) is -0.469. The molecule has 0 bridgehead atoms. The predicted octanol–water partition coefficient (Wildman–Crippen LogP) is 5.09. The van der Waals surface area contributed by atoms with Gasteiger partial charge in [0.05, 0.1) is 6.61 Å². The van der Waals surface area contributed by atoms with Gasteiger partial charge in [0.15, 0.2) is 6.10 Å². The molecule has 0 aromatic carbocycles. The average molecular weight is 521 g/mol. The minimum Gasteiger partial charge on any atom is -0.463 e. The molecule has 2 saturated carbocycles. The molecule has 8 nitrogen and oxygen atoms in total. The maximum Gasteiger partial charge on any atom is 0.347 e. The smallest absolute Gasteiger partial charge is 0.347 e. The van der Waals surface area contributed by atoms with Crippen molar-refractivity contribution in [2.75, 3.05) is 6.61 Å². The largest absolute Gasteiger partial charge is 0.463 e. The first-order valence-electron chi connectivity index (χ1n) is 13.6. The molecular weight excluding hydrogens is 476 g/mol. The van der Waals surface area contributed by atoms with E-state index in [1.165, 1.54) is 26.3 Å². The van der Waals surface area contributed by atoms with Gasteiger partial charge >= 0.3 is 23.9 Å². The molecule has 2 rings (SSSR count). The molecule has 0 heterocycles. The Balaban J connectivity index is 1.96. The summed E-state index contributed by atoms with van der Waals surface area (Å²) in [7, 11) is 0. The third-order valence-corrected chi connectivity index (χ3v) is 7.38. The van der Waals surface area contributed by atoms with E-state index in [1.54, 1.807) is 6.92 Å². The first-order valence-corrected chi connectivity index (χ1v) is 13.6. The Kier molecular flexibility index (Phi) is 12.3. The van der Waals surface area contributed by atoms with Crippen molar-refractivity contribution >= 4 is 23.9 Å². The second kappa shape index (κ2) is 14.9. The average Bonchev–Trinajstić information content (AvgIpc) is 3.35. The molecule has 0 saturated heterocycles. The lowest BCUT2D eigenvalue weighted by molar-refractivity contribution is -0.166. The third kappa shape index (κ3) is 9.63. The Bertz CT molecular complexity index is 860. The van der Waals surface area contributed by atoms with Crippen LogP contribution in [0.5, 0.6) is 0 Å². The van der Waals surface area contributed by atoms with E-state index in [4.69, 9.17) is 18.9 Å². The first kappa shape index (κ1) is 30.6. The topological polar surface area (TPSA) is 105 Å². The van der Waals surface area contributed by atoms with Crippen LogP contribution in [0, 0.1) is 23.7 Å². The highest BCUT2D eigenvalue weighted by atomic mass is 16.6. The van der Waals surface area contributed by atoms with Crippen LogP contribution in [0.4, 0.5) is 0 Å². The highest BCUT2D eigenvalue weighted by Gasteiger charge is 2.47. The maximum absolute atomic E-state index is 12.0. The van der Waals surface area contributed by atoms with Crippen LogP contribution >= 0.6 is 0 Å². The fourth-order valence-electron chi connectivity index (χ4n) is 5.38. The van der Waals surface area contributed by atoms with E-state index in [0.29, 0.717) is 18.3 Å². The number of hydrogen-bond acceptors (Lipinski definition) is 8. The van der Waals surface area contributed by atoms with Crippen molar-refractivity contribution in [2.45, 2.75) is 105 Å². The van der Waals surface area contributed by atoms with Gasteiger partial charge in [-0.3, -0.25) is 14.4 Å². The molecule has 0 N–H and O–H groups in total. The second-order valence-corrected chi connectivity index (χ2v) is 10.3. The fourth-order valence-corrected chi connectivity index (χ4v) is 5.38. The van der Waals surface area contributed by atoms with Crippen LogP contribution < -0.4 is 0 Å². The summed E-state index contributed by atoms with van der Waals surface area (Å²) in [5.41, 5.74) is 1.36. The predicted molar refractivity (Wildman–Crippen MR) is 138 cm³/mol. The van der Waals surface area contributed by atoms with Crippen molar-refractivity contribution in [1.82, 2.24) is 0 Å². The van der Waals surface area contributed by atoms with Crippen LogP contribution in [-0.2, 0) is 38.1 Å². The quantitative estimate of drug-likeness (QED) is 0.143. The zero-order valence-electron chi connectivity index (χ0n) is 23.2. The molecule has 8 heteroatoms. The van der Waals surface area contributed by atoms with Gasteiger partial charge in [-0.2, -0.15) is 0 Å². The van der Waals surface area contributed by atoms with Crippen molar-refractivity contribution in [3.63, 3.8) is 0 Å². The Labute approximate surface area is 221 Å². The summed E-state index contributed by atoms with van der Waals surface area (Å²) in [6.07, 6.45) is 10.1. The summed E-state index contributed by atoms with van der Waals surface area (Å²) >= 11 is 0. The van der Waals surface area contributed by atoms with Gasteiger partial charge in [-0.15, -0.1) is 0 Å². The van der Waals surface area contributed by atoms with Gasteiger partial charge in [-0.05, 0) is 76.2 Å². The Morgan fingerprint density at radius 2 is 1.76 bits per heavy atom. The van der Waals surface area contributed by atoms with E-state index in [0.717, 1.165) is 32.1 Å². The molecule has 2 unspecified atom stereocenters. The molecule has 2 aliphatic rings. The maximum atomic E-state index is 12.0. The molecule has 0 radical (unpaired) electrons. The Morgan fingerprint density at radius 1 is 1.03 bits per heavy atom. The minimum atomic E-state index is -0.893. The summed E-state index contributed by atoms with van der Waals surface area (Å²) in [4.78, 5) is 47.0. The molecule has 0 spiro atoms. The number of allylic oxidation sites excluding steroid dienone is 2. The van der Waals surface area contributed by atoms with Gasteiger partial charge in [0.1, 0.15) is 12.2 Å². The van der Waals surface area contributed by atoms with Crippen molar-refractivity contribution in [3.8, 4) is 0 Å². The first-order chi connectivity index (χ1) is 17.5. The lowest BCUT2D eigenvalue weighted by atomic mass is 9.89. The van der Waals surface area contributed by atoms with Gasteiger partial charge in [0.2, 0.25) is 0 Å². The van der Waals surface area contributed by atoms with Crippen LogP contribution in [0.1, 0.15) is 86.5 Å². The van der Waals surface area contributed by atoms with Crippen molar-refractivity contribution in [2.24, 2.45) is 23.7 Å². The lowest BCUT2D eigenvalue weighted by Crippen LogP contribution is -2.26. The number of carbonyl (C=O) groups excluding carboxylic acids is 4. The third-order valence-electron chi connectivity index (χ3n) is 7.38. The Hall–Kier alpha value is -2.64. The molecular formula is C29H44O8. The van der Waals surface area contributed by atoms with E-state index in [9.17, 15) is 19.2 Å². The van der Waals surface area contributed by atoms with Gasteiger partial charge in [-0.1, -0.05) is 31.6 Å². The molecule has 0 aromatic heterocycles. The molecule has 37 heavy (non-hydrogen) atoms. The number of rotatable bonds is 13. The van der Waals surface area contributed by atoms with Crippen molar-refractivity contribution in [1.29, 1.82) is 0 Å². The second-order valence-electron chi connectivity index (χ2n) is 10.3. The minimum absolute atomic E-state index is 0.0706. The van der Waals surface area contributed by atoms with Gasteiger partial charge < -0.3 is 18.9 Å². The molecule has 2 fully saturated rings. The van der Waals surface area contributed by atoms with Gasteiger partial charge in [0.25, 0.3) is 0 Å². The van der Waals surface area contributed by atoms with Crippen LogP contribution in [0.2, 0.25) is 0 Å². The van der Waals surface area contributed by atoms with E-state index in [1.807, 2.05) is 6.08 Å². The van der Waals surface area contributed by atoms with Crippen LogP contribution in [-0.4, -0.2) is 48.8 Å². The number of unbranched alkanes of at least 4 members (excludes halogenated alkanes) is 1. The van der Waals surface area contributed by atoms with E-state index >= 15 is 0 Å². The zero-order chi connectivity index (χ0) is 27.5. The van der Waals surface area contributed by atoms with E-state index in [-0.39, 0.29) is 49.0 Å². The number of esters is 4. The highest BCUT2D eigenvalue weighted by molar-refractivity contribution is 5.79. The zero-order valence-corrected chi connectivity index (χ0v) is 23.2. The van der Waals surface area contributed by atoms with E-state index in [2.05, 4.69) is 26.0 Å². The summed E-state index contributed by atoms with van der Waals surface area (Å²) in [6.45, 7) is 10.5. The van der Waals surface area contributed by atoms with Crippen LogP contribution in [0.3, 0.4) is 0 Å². The normalized spacial score (nSPS) is 26.4. The summed E-state index contributed by atoms with van der Waals surface area (Å²) in [6, 6.07) is 0. The lowest BCUT2D eigenvalue weighted by Gasteiger charge is -2.23. The van der Waals surface area contributed by atoms with Crippen LogP contribution in [0.25, 0.3) is 0 Å². The van der Waals surface area contributed by atoms with Crippen LogP contribution in [0.15, 0.2) is 23.8 Å². The number of ether oxygens (including phenoxy) is 4. The molecule has 0 aliphatic heterocycles. The molecule has 2 aliphatic carbocycles. The number of fused-ring (bicyclic) bond motifs is 1. The molecule has 0 amide bonds. The SMILES string of the molecule is CCOC(=O)[C@@H](C)OC(=O)CCC/C=C1\C[C@H]2CC(OC(C)=O)[C@H](/C=C/[C@@H](OC(C)=O)C(C)CC)[C@H]2C1.